The van der Waals surface area contributed by atoms with Crippen LogP contribution in [0, 0.1) is 0 Å². The maximum absolute atomic E-state index is 12.7. The molecule has 4 rings (SSSR count). The van der Waals surface area contributed by atoms with Crippen molar-refractivity contribution in [2.75, 3.05) is 5.01 Å². The fourth-order valence-corrected chi connectivity index (χ4v) is 3.37. The van der Waals surface area contributed by atoms with Gasteiger partial charge in [0.15, 0.2) is 0 Å². The number of carboxylic acid groups (broad SMARTS) is 1. The van der Waals surface area contributed by atoms with Crippen molar-refractivity contribution in [3.05, 3.63) is 81.5 Å². The fourth-order valence-electron chi connectivity index (χ4n) is 2.92. The molecule has 2 heterocycles. The van der Waals surface area contributed by atoms with Crippen LogP contribution < -0.4 is 10.4 Å². The van der Waals surface area contributed by atoms with Crippen molar-refractivity contribution < 1.29 is 23.9 Å². The van der Waals surface area contributed by atoms with Gasteiger partial charge in [-0.1, -0.05) is 35.3 Å². The minimum Gasteiger partial charge on any atom is -0.478 e. The van der Waals surface area contributed by atoms with Crippen LogP contribution in [0.2, 0.25) is 10.0 Å². The Labute approximate surface area is 180 Å². The van der Waals surface area contributed by atoms with E-state index in [9.17, 15) is 14.4 Å². The zero-order valence-corrected chi connectivity index (χ0v) is 16.6. The molecular weight excluding hydrogens is 431 g/mol. The normalized spacial score (nSPS) is 15.0. The number of anilines is 1. The summed E-state index contributed by atoms with van der Waals surface area (Å²) in [6, 6.07) is 14.1. The van der Waals surface area contributed by atoms with Gasteiger partial charge in [-0.05, 0) is 48.5 Å². The van der Waals surface area contributed by atoms with Crippen LogP contribution >= 0.6 is 23.2 Å². The Morgan fingerprint density at radius 2 is 1.87 bits per heavy atom. The first-order valence-corrected chi connectivity index (χ1v) is 9.35. The summed E-state index contributed by atoms with van der Waals surface area (Å²) < 4.78 is 5.69. The van der Waals surface area contributed by atoms with Gasteiger partial charge in [0, 0.05) is 10.6 Å². The Hall–Kier alpha value is -3.55. The molecule has 0 bridgehead atoms. The summed E-state index contributed by atoms with van der Waals surface area (Å²) in [5.41, 5.74) is 3.34. The largest absolute Gasteiger partial charge is 0.478 e. The first-order chi connectivity index (χ1) is 14.3. The number of rotatable bonds is 4. The van der Waals surface area contributed by atoms with Gasteiger partial charge in [0.25, 0.3) is 11.8 Å². The summed E-state index contributed by atoms with van der Waals surface area (Å²) in [4.78, 5) is 36.0. The molecule has 2 N–H and O–H groups in total. The van der Waals surface area contributed by atoms with Crippen LogP contribution in [0.5, 0.6) is 0 Å². The standard InChI is InChI=1S/C21H12Cl2N2O5/c22-12-2-1-3-13(9-12)25-20(27)16(19(26)24-25)10-14-5-7-18(30-14)11-4-6-15(21(28)29)17(23)8-11/h1-10H,(H,24,26)(H,28,29)/b16-10-. The van der Waals surface area contributed by atoms with Gasteiger partial charge in [0.1, 0.15) is 17.1 Å². The number of nitrogens with zero attached hydrogens (tertiary/aromatic N) is 1. The molecule has 0 unspecified atom stereocenters. The lowest BCUT2D eigenvalue weighted by Crippen LogP contribution is -2.35. The van der Waals surface area contributed by atoms with Crippen LogP contribution in [-0.4, -0.2) is 22.9 Å². The number of carboxylic acids is 1. The van der Waals surface area contributed by atoms with Crippen molar-refractivity contribution in [1.29, 1.82) is 0 Å². The average Bonchev–Trinajstić information content (AvgIpc) is 3.28. The van der Waals surface area contributed by atoms with E-state index in [1.165, 1.54) is 18.2 Å². The van der Waals surface area contributed by atoms with E-state index < -0.39 is 17.8 Å². The van der Waals surface area contributed by atoms with E-state index in [1.807, 2.05) is 0 Å². The topological polar surface area (TPSA) is 99.9 Å². The van der Waals surface area contributed by atoms with Crippen molar-refractivity contribution in [2.45, 2.75) is 0 Å². The van der Waals surface area contributed by atoms with E-state index in [0.717, 1.165) is 5.01 Å². The van der Waals surface area contributed by atoms with Gasteiger partial charge in [0.05, 0.1) is 16.3 Å². The van der Waals surface area contributed by atoms with Crippen molar-refractivity contribution in [2.24, 2.45) is 0 Å². The number of carbonyl (C=O) groups is 3. The zero-order chi connectivity index (χ0) is 21.4. The molecule has 1 aromatic heterocycles. The van der Waals surface area contributed by atoms with Gasteiger partial charge in [-0.25, -0.2) is 9.80 Å². The highest BCUT2D eigenvalue weighted by Gasteiger charge is 2.34. The maximum Gasteiger partial charge on any atom is 0.337 e. The number of hydrazine groups is 1. The molecule has 1 aliphatic heterocycles. The molecule has 7 nitrogen and oxygen atoms in total. The Balaban J connectivity index is 1.61. The minimum atomic E-state index is -1.13. The lowest BCUT2D eigenvalue weighted by molar-refractivity contribution is -0.117. The molecule has 1 fully saturated rings. The van der Waals surface area contributed by atoms with Crippen molar-refractivity contribution in [3.63, 3.8) is 0 Å². The Bertz CT molecular complexity index is 1230. The highest BCUT2D eigenvalue weighted by atomic mass is 35.5. The molecule has 0 aliphatic carbocycles. The van der Waals surface area contributed by atoms with Crippen LogP contribution in [0.4, 0.5) is 5.69 Å². The second kappa shape index (κ2) is 7.70. The molecule has 1 aliphatic rings. The number of hydrogen-bond acceptors (Lipinski definition) is 4. The first kappa shape index (κ1) is 19.8. The Kier molecular flexibility index (Phi) is 5.07. The average molecular weight is 443 g/mol. The van der Waals surface area contributed by atoms with E-state index in [2.05, 4.69) is 5.43 Å². The molecule has 30 heavy (non-hydrogen) atoms. The molecule has 0 spiro atoms. The molecule has 9 heteroatoms. The Morgan fingerprint density at radius 3 is 2.57 bits per heavy atom. The molecule has 1 saturated heterocycles. The smallest absolute Gasteiger partial charge is 0.337 e. The fraction of sp³-hybridized carbons (Fsp3) is 0. The number of furan rings is 1. The number of benzene rings is 2. The number of hydrogen-bond donors (Lipinski definition) is 2. The summed E-state index contributed by atoms with van der Waals surface area (Å²) in [6.07, 6.45) is 1.33. The molecule has 0 atom stereocenters. The molecule has 0 radical (unpaired) electrons. The second-order valence-corrected chi connectivity index (χ2v) is 7.16. The molecule has 150 valence electrons. The lowest BCUT2D eigenvalue weighted by atomic mass is 10.1. The van der Waals surface area contributed by atoms with E-state index >= 15 is 0 Å². The summed E-state index contributed by atoms with van der Waals surface area (Å²) in [5, 5.41) is 10.7. The van der Waals surface area contributed by atoms with Crippen LogP contribution in [0.25, 0.3) is 17.4 Å². The third-order valence-electron chi connectivity index (χ3n) is 4.36. The predicted octanol–water partition coefficient (Wildman–Crippen LogP) is 4.41. The number of halogens is 2. The number of amides is 2. The third-order valence-corrected chi connectivity index (χ3v) is 4.90. The highest BCUT2D eigenvalue weighted by molar-refractivity contribution is 6.34. The predicted molar refractivity (Wildman–Crippen MR) is 111 cm³/mol. The third kappa shape index (κ3) is 3.68. The van der Waals surface area contributed by atoms with Gasteiger partial charge in [0.2, 0.25) is 0 Å². The van der Waals surface area contributed by atoms with Crippen LogP contribution in [0.1, 0.15) is 16.1 Å². The van der Waals surface area contributed by atoms with E-state index in [-0.39, 0.29) is 21.9 Å². The van der Waals surface area contributed by atoms with E-state index in [0.29, 0.717) is 22.0 Å². The van der Waals surface area contributed by atoms with Crippen molar-refractivity contribution >= 4 is 52.7 Å². The van der Waals surface area contributed by atoms with Crippen LogP contribution in [-0.2, 0) is 9.59 Å². The molecule has 2 amide bonds. The number of aromatic carboxylic acids is 1. The van der Waals surface area contributed by atoms with Gasteiger partial charge in [-0.3, -0.25) is 15.0 Å². The monoisotopic (exact) mass is 442 g/mol. The van der Waals surface area contributed by atoms with Gasteiger partial charge in [-0.2, -0.15) is 0 Å². The van der Waals surface area contributed by atoms with E-state index in [1.54, 1.807) is 42.5 Å². The lowest BCUT2D eigenvalue weighted by Gasteiger charge is -2.14. The number of carbonyl (C=O) groups excluding carboxylic acids is 2. The zero-order valence-electron chi connectivity index (χ0n) is 15.1. The van der Waals surface area contributed by atoms with Crippen molar-refractivity contribution in [3.8, 4) is 11.3 Å². The molecular formula is C21H12Cl2N2O5. The van der Waals surface area contributed by atoms with Crippen LogP contribution in [0.3, 0.4) is 0 Å². The summed E-state index contributed by atoms with van der Waals surface area (Å²) >= 11 is 11.9. The van der Waals surface area contributed by atoms with Gasteiger partial charge >= 0.3 is 5.97 Å². The minimum absolute atomic E-state index is 0.0244. The molecule has 0 saturated carbocycles. The summed E-state index contributed by atoms with van der Waals surface area (Å²) in [7, 11) is 0. The van der Waals surface area contributed by atoms with E-state index in [4.69, 9.17) is 32.7 Å². The number of nitrogens with one attached hydrogen (secondary N) is 1. The second-order valence-electron chi connectivity index (χ2n) is 6.32. The van der Waals surface area contributed by atoms with Gasteiger partial charge < -0.3 is 9.52 Å². The van der Waals surface area contributed by atoms with Crippen molar-refractivity contribution in [1.82, 2.24) is 5.43 Å². The SMILES string of the molecule is O=C1NN(c2cccc(Cl)c2)C(=O)/C1=C\c1ccc(-c2ccc(C(=O)O)c(Cl)c2)o1. The summed E-state index contributed by atoms with van der Waals surface area (Å²) in [6.45, 7) is 0. The molecule has 2 aromatic carbocycles. The highest BCUT2D eigenvalue weighted by Crippen LogP contribution is 2.29. The first-order valence-electron chi connectivity index (χ1n) is 8.59. The van der Waals surface area contributed by atoms with Crippen LogP contribution in [0.15, 0.2) is 64.6 Å². The Morgan fingerprint density at radius 1 is 1.07 bits per heavy atom. The quantitative estimate of drug-likeness (QED) is 0.460. The maximum atomic E-state index is 12.7. The summed E-state index contributed by atoms with van der Waals surface area (Å²) in [5.74, 6) is -1.58. The molecule has 3 aromatic rings. The van der Waals surface area contributed by atoms with Gasteiger partial charge in [-0.15, -0.1) is 0 Å².